The second kappa shape index (κ2) is 1.78. The smallest absolute Gasteiger partial charge is 0.182 e. The second-order valence-corrected chi connectivity index (χ2v) is 2.79. The summed E-state index contributed by atoms with van der Waals surface area (Å²) in [6, 6.07) is -0.403. The van der Waals surface area contributed by atoms with Crippen LogP contribution in [-0.4, -0.2) is 24.0 Å². The van der Waals surface area contributed by atoms with E-state index in [2.05, 4.69) is 0 Å². The van der Waals surface area contributed by atoms with Gasteiger partial charge in [0.25, 0.3) is 0 Å². The molecule has 0 aliphatic carbocycles. The van der Waals surface area contributed by atoms with Gasteiger partial charge in [0.2, 0.25) is 0 Å². The fourth-order valence-corrected chi connectivity index (χ4v) is 0.891. The predicted octanol–water partition coefficient (Wildman–Crippen LogP) is -0.308. The van der Waals surface area contributed by atoms with Crippen LogP contribution in [0.25, 0.3) is 0 Å². The molecule has 1 atom stereocenters. The number of nitrogens with two attached hydrogens (primary N) is 1. The number of ether oxygens (including phenoxy) is 1. The molecule has 1 rings (SSSR count). The van der Waals surface area contributed by atoms with Crippen LogP contribution in [0.2, 0.25) is 0 Å². The van der Waals surface area contributed by atoms with Gasteiger partial charge in [-0.1, -0.05) is 0 Å². The summed E-state index contributed by atoms with van der Waals surface area (Å²) in [7, 11) is 0. The quantitative estimate of drug-likeness (QED) is 0.488. The maximum Gasteiger partial charge on any atom is 0.182 e. The van der Waals surface area contributed by atoms with Crippen molar-refractivity contribution in [1.82, 2.24) is 0 Å². The van der Waals surface area contributed by atoms with Crippen molar-refractivity contribution in [3.05, 3.63) is 0 Å². The Bertz CT molecular complexity index is 142. The largest absolute Gasteiger partial charge is 0.366 e. The number of rotatable bonds is 0. The summed E-state index contributed by atoms with van der Waals surface area (Å²) in [5.74, 6) is 0.00231. The Hall–Kier alpha value is -0.410. The molecule has 2 N–H and O–H groups in total. The highest BCUT2D eigenvalue weighted by molar-refractivity contribution is 5.92. The van der Waals surface area contributed by atoms with E-state index in [1.807, 2.05) is 0 Å². The number of hydrogen-bond acceptors (Lipinski definition) is 3. The van der Waals surface area contributed by atoms with Crippen molar-refractivity contribution in [3.63, 3.8) is 0 Å². The van der Waals surface area contributed by atoms with Crippen LogP contribution in [0.1, 0.15) is 13.8 Å². The third kappa shape index (κ3) is 0.976. The summed E-state index contributed by atoms with van der Waals surface area (Å²) in [5, 5.41) is 0. The molecule has 1 aliphatic rings. The van der Waals surface area contributed by atoms with Crippen LogP contribution in [0.3, 0.4) is 0 Å². The zero-order valence-corrected chi connectivity index (χ0v) is 5.68. The maximum absolute atomic E-state index is 11.0. The van der Waals surface area contributed by atoms with Gasteiger partial charge in [-0.2, -0.15) is 0 Å². The highest BCUT2D eigenvalue weighted by Crippen LogP contribution is 2.18. The predicted molar refractivity (Wildman–Crippen MR) is 33.0 cm³/mol. The fraction of sp³-hybridized carbons (Fsp3) is 0.833. The molecule has 1 unspecified atom stereocenters. The van der Waals surface area contributed by atoms with E-state index in [9.17, 15) is 4.79 Å². The molecule has 1 aliphatic heterocycles. The van der Waals surface area contributed by atoms with Crippen LogP contribution >= 0.6 is 0 Å². The number of ketones is 1. The van der Waals surface area contributed by atoms with Crippen LogP contribution in [0.5, 0.6) is 0 Å². The van der Waals surface area contributed by atoms with E-state index in [4.69, 9.17) is 10.5 Å². The molecule has 0 radical (unpaired) electrons. The Morgan fingerprint density at radius 3 is 2.44 bits per heavy atom. The summed E-state index contributed by atoms with van der Waals surface area (Å²) >= 11 is 0. The van der Waals surface area contributed by atoms with Crippen molar-refractivity contribution in [2.24, 2.45) is 5.73 Å². The first-order valence-corrected chi connectivity index (χ1v) is 2.98. The normalized spacial score (nSPS) is 33.2. The minimum Gasteiger partial charge on any atom is -0.366 e. The first kappa shape index (κ1) is 6.71. The topological polar surface area (TPSA) is 52.3 Å². The molecule has 0 aromatic heterocycles. The number of Topliss-reactive ketones (excluding diaryl/α,β-unsaturated/α-hetero) is 1. The Labute approximate surface area is 54.2 Å². The summed E-state index contributed by atoms with van der Waals surface area (Å²) < 4.78 is 5.09. The van der Waals surface area contributed by atoms with Gasteiger partial charge in [-0.25, -0.2) is 0 Å². The highest BCUT2D eigenvalue weighted by Gasteiger charge is 2.39. The van der Waals surface area contributed by atoms with Crippen LogP contribution in [0, 0.1) is 0 Å². The minimum absolute atomic E-state index is 0.00231. The lowest BCUT2D eigenvalue weighted by atomic mass is 10.0. The first-order chi connectivity index (χ1) is 4.04. The lowest BCUT2D eigenvalue weighted by Gasteiger charge is -2.12. The van der Waals surface area contributed by atoms with E-state index in [-0.39, 0.29) is 5.78 Å². The van der Waals surface area contributed by atoms with E-state index in [0.29, 0.717) is 6.61 Å². The zero-order valence-electron chi connectivity index (χ0n) is 5.68. The van der Waals surface area contributed by atoms with Crippen molar-refractivity contribution >= 4 is 5.78 Å². The van der Waals surface area contributed by atoms with Crippen LogP contribution < -0.4 is 5.73 Å². The summed E-state index contributed by atoms with van der Waals surface area (Å²) in [6.45, 7) is 3.84. The van der Waals surface area contributed by atoms with Crippen LogP contribution in [0.4, 0.5) is 0 Å². The standard InChI is InChI=1S/C6H11NO2/c1-6(2)5(8)4(7)3-9-6/h4H,3,7H2,1-2H3. The average Bonchev–Trinajstić information content (AvgIpc) is 1.97. The summed E-state index contributed by atoms with van der Waals surface area (Å²) in [5.41, 5.74) is 4.74. The van der Waals surface area contributed by atoms with Crippen molar-refractivity contribution in [3.8, 4) is 0 Å². The lowest BCUT2D eigenvalue weighted by molar-refractivity contribution is -0.128. The summed E-state index contributed by atoms with van der Waals surface area (Å²) in [4.78, 5) is 11.0. The first-order valence-electron chi connectivity index (χ1n) is 2.98. The zero-order chi connectivity index (χ0) is 7.07. The second-order valence-electron chi connectivity index (χ2n) is 2.79. The Kier molecular flexibility index (Phi) is 1.33. The molecule has 0 aromatic rings. The van der Waals surface area contributed by atoms with E-state index in [0.717, 1.165) is 0 Å². The summed E-state index contributed by atoms with van der Waals surface area (Å²) in [6.07, 6.45) is 0. The van der Waals surface area contributed by atoms with Crippen molar-refractivity contribution in [2.75, 3.05) is 6.61 Å². The third-order valence-electron chi connectivity index (χ3n) is 1.55. The Balaban J connectivity index is 2.74. The number of carbonyl (C=O) groups is 1. The molecular formula is C6H11NO2. The molecule has 1 saturated heterocycles. The minimum atomic E-state index is -0.639. The number of hydrogen-bond donors (Lipinski definition) is 1. The molecule has 52 valence electrons. The molecule has 0 saturated carbocycles. The van der Waals surface area contributed by atoms with Crippen LogP contribution in [-0.2, 0) is 9.53 Å². The van der Waals surface area contributed by atoms with Gasteiger partial charge in [0.1, 0.15) is 5.60 Å². The lowest BCUT2D eigenvalue weighted by Crippen LogP contribution is -2.36. The van der Waals surface area contributed by atoms with Gasteiger partial charge in [0.05, 0.1) is 12.6 Å². The van der Waals surface area contributed by atoms with E-state index in [1.165, 1.54) is 0 Å². The molecule has 3 heteroatoms. The third-order valence-corrected chi connectivity index (χ3v) is 1.55. The van der Waals surface area contributed by atoms with Crippen molar-refractivity contribution in [1.29, 1.82) is 0 Å². The van der Waals surface area contributed by atoms with Gasteiger partial charge >= 0.3 is 0 Å². The van der Waals surface area contributed by atoms with Gasteiger partial charge in [0.15, 0.2) is 5.78 Å². The van der Waals surface area contributed by atoms with Gasteiger partial charge in [-0.05, 0) is 13.8 Å². The molecule has 0 aromatic carbocycles. The average molecular weight is 129 g/mol. The van der Waals surface area contributed by atoms with Crippen molar-refractivity contribution < 1.29 is 9.53 Å². The molecular weight excluding hydrogens is 118 g/mol. The van der Waals surface area contributed by atoms with Gasteiger partial charge in [-0.3, -0.25) is 4.79 Å². The Morgan fingerprint density at radius 2 is 2.33 bits per heavy atom. The van der Waals surface area contributed by atoms with Crippen LogP contribution in [0.15, 0.2) is 0 Å². The maximum atomic E-state index is 11.0. The molecule has 0 amide bonds. The molecule has 9 heavy (non-hydrogen) atoms. The van der Waals surface area contributed by atoms with Gasteiger partial charge in [0, 0.05) is 0 Å². The van der Waals surface area contributed by atoms with Crippen molar-refractivity contribution in [2.45, 2.75) is 25.5 Å². The molecule has 3 nitrogen and oxygen atoms in total. The van der Waals surface area contributed by atoms with Gasteiger partial charge < -0.3 is 10.5 Å². The highest BCUT2D eigenvalue weighted by atomic mass is 16.5. The van der Waals surface area contributed by atoms with E-state index < -0.39 is 11.6 Å². The SMILES string of the molecule is CC1(C)OCC(N)C1=O. The van der Waals surface area contributed by atoms with E-state index >= 15 is 0 Å². The fourth-order valence-electron chi connectivity index (χ4n) is 0.891. The van der Waals surface area contributed by atoms with E-state index in [1.54, 1.807) is 13.8 Å². The number of carbonyl (C=O) groups excluding carboxylic acids is 1. The Morgan fingerprint density at radius 1 is 1.78 bits per heavy atom. The molecule has 1 heterocycles. The van der Waals surface area contributed by atoms with Gasteiger partial charge in [-0.15, -0.1) is 0 Å². The molecule has 0 spiro atoms. The molecule has 1 fully saturated rings. The monoisotopic (exact) mass is 129 g/mol. The molecule has 0 bridgehead atoms.